The molecule has 11 nitrogen and oxygen atoms in total. The van der Waals surface area contributed by atoms with E-state index in [9.17, 15) is 28.8 Å². The number of rotatable bonds is 45. The molecule has 0 N–H and O–H groups in total. The Morgan fingerprint density at radius 2 is 0.818 bits per heavy atom. The van der Waals surface area contributed by atoms with Crippen molar-refractivity contribution in [1.29, 1.82) is 0 Å². The molecule has 1 aromatic carbocycles. The van der Waals surface area contributed by atoms with E-state index in [1.165, 1.54) is 135 Å². The minimum atomic E-state index is -0.958. The first-order valence-electron chi connectivity index (χ1n) is 26.5. The molecule has 0 aliphatic carbocycles. The van der Waals surface area contributed by atoms with Gasteiger partial charge in [0, 0.05) is 38.5 Å². The highest BCUT2D eigenvalue weighted by atomic mass is 16.6. The van der Waals surface area contributed by atoms with Crippen LogP contribution in [0.1, 0.15) is 245 Å². The summed E-state index contributed by atoms with van der Waals surface area (Å²) in [6, 6.07) is 6.81. The molecule has 1 unspecified atom stereocenters. The lowest BCUT2D eigenvalue weighted by Gasteiger charge is -2.19. The van der Waals surface area contributed by atoms with Crippen molar-refractivity contribution < 1.29 is 52.5 Å². The van der Waals surface area contributed by atoms with Crippen LogP contribution in [-0.4, -0.2) is 61.6 Å². The third-order valence-corrected chi connectivity index (χ3v) is 11.8. The van der Waals surface area contributed by atoms with Crippen LogP contribution in [0.15, 0.2) is 24.3 Å². The molecule has 0 aliphatic rings. The average Bonchev–Trinajstić information content (AvgIpc) is 3.28. The van der Waals surface area contributed by atoms with Gasteiger partial charge in [-0.05, 0) is 56.2 Å². The number of Topliss-reactive ketones (excluding diaryl/α,β-unsaturated/α-hetero) is 1. The van der Waals surface area contributed by atoms with Gasteiger partial charge in [-0.15, -0.1) is 0 Å². The summed E-state index contributed by atoms with van der Waals surface area (Å²) in [6.07, 6.45) is 32.4. The molecule has 1 atom stereocenters. The molecule has 0 bridgehead atoms. The minimum absolute atomic E-state index is 0.0103. The summed E-state index contributed by atoms with van der Waals surface area (Å²) in [7, 11) is 0. The van der Waals surface area contributed by atoms with E-state index in [0.29, 0.717) is 25.0 Å². The minimum Gasteiger partial charge on any atom is -0.466 e. The lowest BCUT2D eigenvalue weighted by molar-refractivity contribution is -0.167. The Morgan fingerprint density at radius 3 is 1.24 bits per heavy atom. The van der Waals surface area contributed by atoms with Crippen LogP contribution < -0.4 is 4.74 Å². The van der Waals surface area contributed by atoms with Crippen LogP contribution in [0.3, 0.4) is 0 Å². The van der Waals surface area contributed by atoms with Gasteiger partial charge in [-0.25, -0.2) is 0 Å². The van der Waals surface area contributed by atoms with Crippen LogP contribution in [0.25, 0.3) is 0 Å². The maximum Gasteiger partial charge on any atom is 0.311 e. The van der Waals surface area contributed by atoms with Gasteiger partial charge in [0.25, 0.3) is 0 Å². The number of carbonyl (C=O) groups excluding carboxylic acids is 6. The molecule has 0 heterocycles. The fourth-order valence-electron chi connectivity index (χ4n) is 7.84. The molecule has 1 rings (SSSR count). The first-order chi connectivity index (χ1) is 32.0. The maximum atomic E-state index is 13.0. The van der Waals surface area contributed by atoms with Gasteiger partial charge in [0.05, 0.1) is 6.61 Å². The summed E-state index contributed by atoms with van der Waals surface area (Å²) in [5.41, 5.74) is 0.848. The van der Waals surface area contributed by atoms with Gasteiger partial charge in [-0.2, -0.15) is 0 Å². The van der Waals surface area contributed by atoms with Crippen molar-refractivity contribution in [2.75, 3.05) is 19.8 Å². The highest BCUT2D eigenvalue weighted by Crippen LogP contribution is 2.18. The summed E-state index contributed by atoms with van der Waals surface area (Å²) >= 11 is 0. The molecule has 0 fully saturated rings. The van der Waals surface area contributed by atoms with E-state index in [-0.39, 0.29) is 69.6 Å². The van der Waals surface area contributed by atoms with Gasteiger partial charge in [0.1, 0.15) is 24.7 Å². The number of esters is 5. The third-order valence-electron chi connectivity index (χ3n) is 11.8. The van der Waals surface area contributed by atoms with Crippen LogP contribution in [0.2, 0.25) is 0 Å². The summed E-state index contributed by atoms with van der Waals surface area (Å²) in [4.78, 5) is 74.3. The van der Waals surface area contributed by atoms with Gasteiger partial charge in [0.2, 0.25) is 0 Å². The monoisotopic (exact) mass is 929 g/mol. The van der Waals surface area contributed by atoms with Crippen molar-refractivity contribution in [3.05, 3.63) is 29.8 Å². The predicted octanol–water partition coefficient (Wildman–Crippen LogP) is 13.8. The molecular formula is C55H92O11. The summed E-state index contributed by atoms with van der Waals surface area (Å²) in [5, 5.41) is 0. The zero-order valence-electron chi connectivity index (χ0n) is 42.1. The average molecular weight is 929 g/mol. The summed E-state index contributed by atoms with van der Waals surface area (Å²) in [5.74, 6) is -2.14. The van der Waals surface area contributed by atoms with E-state index >= 15 is 0 Å². The van der Waals surface area contributed by atoms with E-state index in [2.05, 4.69) is 13.8 Å². The smallest absolute Gasteiger partial charge is 0.311 e. The van der Waals surface area contributed by atoms with Gasteiger partial charge in [-0.1, -0.05) is 187 Å². The summed E-state index contributed by atoms with van der Waals surface area (Å²) in [6.45, 7) is 7.45. The topological polar surface area (TPSA) is 149 Å². The predicted molar refractivity (Wildman–Crippen MR) is 262 cm³/mol. The number of hydrogen-bond donors (Lipinski definition) is 0. The Morgan fingerprint density at radius 1 is 0.439 bits per heavy atom. The number of ether oxygens (including phenoxy) is 5. The van der Waals surface area contributed by atoms with E-state index in [1.807, 2.05) is 0 Å². The molecule has 0 saturated heterocycles. The Bertz CT molecular complexity index is 1360. The molecule has 0 aliphatic heterocycles. The summed E-state index contributed by atoms with van der Waals surface area (Å²) < 4.78 is 27.3. The first-order valence-corrected chi connectivity index (χ1v) is 26.5. The zero-order chi connectivity index (χ0) is 48.3. The standard InChI is InChI=1S/C55H92O11/c1-5-7-9-11-13-15-17-19-21-23-25-27-29-33-51(57)63-44-50(45-64-52(58)34-30-28-26-24-22-20-18-16-14-12-10-8-6-2)66-55(61)42-46(3)41-54(60)62-40-32-31-35-53(59)65-49-38-36-48(37-39-49)43-47(4)56/h36-39,46,50H,5-35,40-45H2,1-4H3. The van der Waals surface area contributed by atoms with Crippen LogP contribution in [0, 0.1) is 5.92 Å². The Hall–Kier alpha value is -3.76. The molecule has 0 spiro atoms. The van der Waals surface area contributed by atoms with Gasteiger partial charge in [-0.3, -0.25) is 28.8 Å². The lowest BCUT2D eigenvalue weighted by Crippen LogP contribution is -2.31. The molecule has 0 amide bonds. The second-order valence-electron chi connectivity index (χ2n) is 18.7. The quantitative estimate of drug-likeness (QED) is 0.0266. The fourth-order valence-corrected chi connectivity index (χ4v) is 7.84. The lowest BCUT2D eigenvalue weighted by atomic mass is 10.0. The van der Waals surface area contributed by atoms with Gasteiger partial charge >= 0.3 is 29.8 Å². The molecule has 11 heteroatoms. The highest BCUT2D eigenvalue weighted by molar-refractivity contribution is 5.78. The normalized spacial score (nSPS) is 11.6. The van der Waals surface area contributed by atoms with Crippen molar-refractivity contribution in [3.8, 4) is 5.75 Å². The van der Waals surface area contributed by atoms with Crippen molar-refractivity contribution in [2.45, 2.75) is 252 Å². The largest absolute Gasteiger partial charge is 0.466 e. The second kappa shape index (κ2) is 42.6. The SMILES string of the molecule is CCCCCCCCCCCCCCCC(=O)OCC(COC(=O)CCCCCCCCCCCCCCC)OC(=O)CC(C)CC(=O)OCCCCC(=O)Oc1ccc(CC(C)=O)cc1. The Kier molecular flexibility index (Phi) is 38.9. The molecule has 0 saturated carbocycles. The van der Waals surface area contributed by atoms with Crippen molar-refractivity contribution in [2.24, 2.45) is 5.92 Å². The number of unbranched alkanes of at least 4 members (excludes halogenated alkanes) is 25. The number of carbonyl (C=O) groups is 6. The molecular weight excluding hydrogens is 837 g/mol. The van der Waals surface area contributed by atoms with Crippen molar-refractivity contribution >= 4 is 35.6 Å². The van der Waals surface area contributed by atoms with Crippen molar-refractivity contribution in [3.63, 3.8) is 0 Å². The second-order valence-corrected chi connectivity index (χ2v) is 18.7. The maximum absolute atomic E-state index is 13.0. The number of hydrogen-bond acceptors (Lipinski definition) is 11. The van der Waals surface area contributed by atoms with Gasteiger partial charge in [0.15, 0.2) is 6.10 Å². The van der Waals surface area contributed by atoms with E-state index in [0.717, 1.165) is 44.1 Å². The zero-order valence-corrected chi connectivity index (χ0v) is 42.1. The first kappa shape index (κ1) is 60.3. The highest BCUT2D eigenvalue weighted by Gasteiger charge is 2.22. The molecule has 66 heavy (non-hydrogen) atoms. The molecule has 1 aromatic rings. The van der Waals surface area contributed by atoms with Crippen molar-refractivity contribution in [1.82, 2.24) is 0 Å². The van der Waals surface area contributed by atoms with E-state index < -0.39 is 29.9 Å². The van der Waals surface area contributed by atoms with Crippen LogP contribution in [0.4, 0.5) is 0 Å². The van der Waals surface area contributed by atoms with Gasteiger partial charge < -0.3 is 23.7 Å². The van der Waals surface area contributed by atoms with Crippen LogP contribution in [0.5, 0.6) is 5.75 Å². The molecule has 0 radical (unpaired) electrons. The van der Waals surface area contributed by atoms with Crippen LogP contribution in [-0.2, 0) is 54.1 Å². The third kappa shape index (κ3) is 38.4. The van der Waals surface area contributed by atoms with E-state index in [4.69, 9.17) is 23.7 Å². The Labute approximate surface area is 400 Å². The van der Waals surface area contributed by atoms with E-state index in [1.54, 1.807) is 31.2 Å². The number of ketones is 1. The fraction of sp³-hybridized carbons (Fsp3) is 0.782. The molecule has 0 aromatic heterocycles. The molecule has 378 valence electrons. The Balaban J connectivity index is 2.42. The number of benzene rings is 1. The van der Waals surface area contributed by atoms with Crippen LogP contribution >= 0.6 is 0 Å².